The van der Waals surface area contributed by atoms with Crippen molar-refractivity contribution < 1.29 is 32.6 Å². The van der Waals surface area contributed by atoms with Gasteiger partial charge in [-0.15, -0.1) is 0 Å². The van der Waals surface area contributed by atoms with Crippen molar-refractivity contribution in [2.75, 3.05) is 39.9 Å². The minimum atomic E-state index is -3.02. The van der Waals surface area contributed by atoms with Crippen LogP contribution >= 0.6 is 0 Å². The number of alkyl halides is 2. The van der Waals surface area contributed by atoms with Crippen molar-refractivity contribution in [3.63, 3.8) is 0 Å². The maximum atomic E-state index is 12.7. The van der Waals surface area contributed by atoms with E-state index >= 15 is 0 Å². The lowest BCUT2D eigenvalue weighted by Gasteiger charge is -2.20. The Hall–Kier alpha value is -2.84. The second kappa shape index (κ2) is 10.5. The molecule has 1 aliphatic heterocycles. The number of hydrogen-bond acceptors (Lipinski definition) is 5. The molecule has 2 rings (SSSR count). The zero-order valence-electron chi connectivity index (χ0n) is 15.9. The van der Waals surface area contributed by atoms with Gasteiger partial charge in [0.05, 0.1) is 13.7 Å². The molecule has 2 amide bonds. The van der Waals surface area contributed by atoms with E-state index in [0.717, 1.165) is 0 Å². The van der Waals surface area contributed by atoms with Gasteiger partial charge in [0, 0.05) is 37.8 Å². The van der Waals surface area contributed by atoms with Crippen LogP contribution in [0.4, 0.5) is 13.6 Å². The number of rotatable bonds is 6. The highest BCUT2D eigenvalue weighted by Crippen LogP contribution is 2.33. The summed E-state index contributed by atoms with van der Waals surface area (Å²) < 4.78 is 39.9. The Labute approximate surface area is 162 Å². The minimum Gasteiger partial charge on any atom is -0.493 e. The van der Waals surface area contributed by atoms with E-state index in [-0.39, 0.29) is 17.4 Å². The summed E-state index contributed by atoms with van der Waals surface area (Å²) in [5.74, 6) is -0.264. The molecule has 0 aromatic heterocycles. The molecule has 0 unspecified atom stereocenters. The van der Waals surface area contributed by atoms with Crippen LogP contribution in [0.1, 0.15) is 18.9 Å². The van der Waals surface area contributed by atoms with Crippen molar-refractivity contribution in [2.24, 2.45) is 0 Å². The first kappa shape index (κ1) is 21.5. The van der Waals surface area contributed by atoms with E-state index in [0.29, 0.717) is 44.8 Å². The third-order valence-corrected chi connectivity index (χ3v) is 4.18. The molecule has 0 atom stereocenters. The van der Waals surface area contributed by atoms with Crippen LogP contribution in [0.5, 0.6) is 11.5 Å². The van der Waals surface area contributed by atoms with Crippen LogP contribution in [0.2, 0.25) is 0 Å². The van der Waals surface area contributed by atoms with E-state index < -0.39 is 12.7 Å². The summed E-state index contributed by atoms with van der Waals surface area (Å²) in [6, 6.07) is 4.66. The maximum absolute atomic E-state index is 12.7. The highest BCUT2D eigenvalue weighted by molar-refractivity contribution is 5.92. The van der Waals surface area contributed by atoms with E-state index in [4.69, 9.17) is 9.47 Å². The number of para-hydroxylation sites is 1. The average Bonchev–Trinajstić information content (AvgIpc) is 2.93. The van der Waals surface area contributed by atoms with Crippen LogP contribution in [0.15, 0.2) is 24.3 Å². The summed E-state index contributed by atoms with van der Waals surface area (Å²) in [5, 5.41) is 0. The van der Waals surface area contributed by atoms with Crippen molar-refractivity contribution in [3.05, 3.63) is 29.8 Å². The number of benzene rings is 1. The Kier molecular flexibility index (Phi) is 8.03. The monoisotopic (exact) mass is 398 g/mol. The van der Waals surface area contributed by atoms with Crippen molar-refractivity contribution in [2.45, 2.75) is 20.0 Å². The molecule has 0 radical (unpaired) electrons. The molecule has 0 aliphatic carbocycles. The number of carbonyl (C=O) groups excluding carboxylic acids is 2. The van der Waals surface area contributed by atoms with Gasteiger partial charge in [0.15, 0.2) is 11.5 Å². The van der Waals surface area contributed by atoms with Crippen molar-refractivity contribution in [1.29, 1.82) is 0 Å². The number of methoxy groups -OCH3 is 1. The first-order valence-corrected chi connectivity index (χ1v) is 8.96. The standard InChI is InChI=1S/C19H24F2N2O5/c1-3-27-19(25)23-11-5-10-22(12-13-23)16(24)9-8-14-6-4-7-15(26-2)17(14)28-18(20)21/h4,6-9,18H,3,5,10-13H2,1-2H3/b9-8+. The Morgan fingerprint density at radius 2 is 1.89 bits per heavy atom. The molecule has 1 aliphatic rings. The summed E-state index contributed by atoms with van der Waals surface area (Å²) in [5.41, 5.74) is 0.302. The van der Waals surface area contributed by atoms with Crippen LogP contribution in [0.25, 0.3) is 6.08 Å². The third-order valence-electron chi connectivity index (χ3n) is 4.18. The van der Waals surface area contributed by atoms with Crippen LogP contribution in [-0.2, 0) is 9.53 Å². The Morgan fingerprint density at radius 1 is 1.18 bits per heavy atom. The molecule has 1 saturated heterocycles. The van der Waals surface area contributed by atoms with E-state index in [9.17, 15) is 18.4 Å². The largest absolute Gasteiger partial charge is 0.493 e. The van der Waals surface area contributed by atoms with Crippen molar-refractivity contribution >= 4 is 18.1 Å². The van der Waals surface area contributed by atoms with Gasteiger partial charge in [-0.05, 0) is 25.5 Å². The van der Waals surface area contributed by atoms with Gasteiger partial charge in [-0.2, -0.15) is 8.78 Å². The Bertz CT molecular complexity index is 712. The molecule has 0 spiro atoms. The molecule has 0 saturated carbocycles. The number of carbonyl (C=O) groups is 2. The van der Waals surface area contributed by atoms with Gasteiger partial charge in [0.2, 0.25) is 5.91 Å². The third kappa shape index (κ3) is 5.83. The highest BCUT2D eigenvalue weighted by atomic mass is 19.3. The second-order valence-electron chi connectivity index (χ2n) is 5.96. The molecular weight excluding hydrogens is 374 g/mol. The molecule has 154 valence electrons. The smallest absolute Gasteiger partial charge is 0.409 e. The normalized spacial score (nSPS) is 14.9. The first-order valence-electron chi connectivity index (χ1n) is 8.96. The summed E-state index contributed by atoms with van der Waals surface area (Å²) in [6.45, 7) is 0.744. The molecule has 1 fully saturated rings. The number of hydrogen-bond donors (Lipinski definition) is 0. The highest BCUT2D eigenvalue weighted by Gasteiger charge is 2.22. The number of nitrogens with zero attached hydrogens (tertiary/aromatic N) is 2. The lowest BCUT2D eigenvalue weighted by Crippen LogP contribution is -2.37. The lowest BCUT2D eigenvalue weighted by atomic mass is 10.1. The van der Waals surface area contributed by atoms with E-state index in [1.807, 2.05) is 0 Å². The lowest BCUT2D eigenvalue weighted by molar-refractivity contribution is -0.125. The van der Waals surface area contributed by atoms with Gasteiger partial charge in [0.25, 0.3) is 0 Å². The molecule has 1 aromatic carbocycles. The summed E-state index contributed by atoms with van der Waals surface area (Å²) >= 11 is 0. The number of amides is 2. The predicted octanol–water partition coefficient (Wildman–Crippen LogP) is 3.00. The van der Waals surface area contributed by atoms with E-state index in [1.165, 1.54) is 25.3 Å². The molecule has 9 heteroatoms. The molecule has 0 bridgehead atoms. The fourth-order valence-electron chi connectivity index (χ4n) is 2.84. The van der Waals surface area contributed by atoms with Gasteiger partial charge < -0.3 is 24.0 Å². The first-order chi connectivity index (χ1) is 13.5. The van der Waals surface area contributed by atoms with Gasteiger partial charge >= 0.3 is 12.7 Å². The summed E-state index contributed by atoms with van der Waals surface area (Å²) in [4.78, 5) is 27.5. The SMILES string of the molecule is CCOC(=O)N1CCCN(C(=O)/C=C/c2cccc(OC)c2OC(F)F)CC1. The molecule has 28 heavy (non-hydrogen) atoms. The zero-order valence-corrected chi connectivity index (χ0v) is 15.9. The van der Waals surface area contributed by atoms with Gasteiger partial charge in [-0.25, -0.2) is 4.79 Å². The van der Waals surface area contributed by atoms with Gasteiger partial charge in [-0.3, -0.25) is 4.79 Å². The van der Waals surface area contributed by atoms with Gasteiger partial charge in [0.1, 0.15) is 0 Å². The van der Waals surface area contributed by atoms with Crippen LogP contribution < -0.4 is 9.47 Å². The molecule has 1 heterocycles. The second-order valence-corrected chi connectivity index (χ2v) is 5.96. The number of halogens is 2. The molecular formula is C19H24F2N2O5. The Morgan fingerprint density at radius 3 is 2.57 bits per heavy atom. The average molecular weight is 398 g/mol. The quantitative estimate of drug-likeness (QED) is 0.689. The zero-order chi connectivity index (χ0) is 20.5. The summed E-state index contributed by atoms with van der Waals surface area (Å²) in [6.07, 6.45) is 2.94. The Balaban J connectivity index is 2.06. The van der Waals surface area contributed by atoms with E-state index in [1.54, 1.807) is 28.9 Å². The van der Waals surface area contributed by atoms with Crippen molar-refractivity contribution in [1.82, 2.24) is 9.80 Å². The predicted molar refractivity (Wildman–Crippen MR) is 98.5 cm³/mol. The fraction of sp³-hybridized carbons (Fsp3) is 0.474. The maximum Gasteiger partial charge on any atom is 0.409 e. The fourth-order valence-corrected chi connectivity index (χ4v) is 2.84. The van der Waals surface area contributed by atoms with Crippen molar-refractivity contribution in [3.8, 4) is 11.5 Å². The molecule has 7 nitrogen and oxygen atoms in total. The number of ether oxygens (including phenoxy) is 3. The van der Waals surface area contributed by atoms with E-state index in [2.05, 4.69) is 4.74 Å². The minimum absolute atomic E-state index is 0.131. The molecule has 0 N–H and O–H groups in total. The van der Waals surface area contributed by atoms with Gasteiger partial charge in [-0.1, -0.05) is 12.1 Å². The summed E-state index contributed by atoms with van der Waals surface area (Å²) in [7, 11) is 1.35. The van der Waals surface area contributed by atoms with Crippen LogP contribution in [0, 0.1) is 0 Å². The van der Waals surface area contributed by atoms with Crippen LogP contribution in [0.3, 0.4) is 0 Å². The van der Waals surface area contributed by atoms with Crippen LogP contribution in [-0.4, -0.2) is 68.3 Å². The molecule has 1 aromatic rings. The topological polar surface area (TPSA) is 68.3 Å².